The average molecular weight is 378 g/mol. The molecule has 1 N–H and O–H groups in total. The van der Waals surface area contributed by atoms with E-state index in [4.69, 9.17) is 0 Å². The van der Waals surface area contributed by atoms with Crippen molar-refractivity contribution in [1.82, 2.24) is 9.88 Å². The summed E-state index contributed by atoms with van der Waals surface area (Å²) in [4.78, 5) is 18.3. The van der Waals surface area contributed by atoms with Gasteiger partial charge < -0.3 is 10.2 Å². The number of rotatable bonds is 6. The van der Waals surface area contributed by atoms with E-state index < -0.39 is 9.84 Å². The second-order valence-corrected chi connectivity index (χ2v) is 9.42. The number of anilines is 1. The normalized spacial score (nSPS) is 21.9. The van der Waals surface area contributed by atoms with Crippen LogP contribution < -0.4 is 5.32 Å². The number of hydrogen-bond acceptors (Lipinski definition) is 5. The van der Waals surface area contributed by atoms with Crippen LogP contribution >= 0.6 is 0 Å². The summed E-state index contributed by atoms with van der Waals surface area (Å²) in [5.41, 5.74) is 2.76. The Kier molecular flexibility index (Phi) is 5.96. The molecule has 3 rings (SSSR count). The minimum absolute atomic E-state index is 0.0464. The molecule has 1 amide bonds. The van der Waals surface area contributed by atoms with Crippen molar-refractivity contribution < 1.29 is 13.2 Å². The Bertz CT molecular complexity index is 772. The number of nitrogens with one attached hydrogen (secondary N) is 1. The van der Waals surface area contributed by atoms with Crippen LogP contribution in [0.25, 0.3) is 0 Å². The standard InChI is InChI=1S/C19H27N3O3S/c1-22(17-10-12-26(24,25)14-17)19(23)18-8-7-16(13-21-18)20-11-9-15-5-3-2-4-6-15/h5,7-8,13,17,20H,2-4,6,9-12,14H2,1H3. The third kappa shape index (κ3) is 4.84. The SMILES string of the molecule is CN(C(=O)c1ccc(NCCC2=CCCCC2)cn1)C1CCS(=O)(=O)C1. The Hall–Kier alpha value is -1.89. The second-order valence-electron chi connectivity index (χ2n) is 7.19. The van der Waals surface area contributed by atoms with Crippen LogP contribution in [0.1, 0.15) is 49.0 Å². The van der Waals surface area contributed by atoms with Gasteiger partial charge in [0.05, 0.1) is 23.4 Å². The molecule has 1 aliphatic heterocycles. The molecule has 7 heteroatoms. The maximum absolute atomic E-state index is 12.5. The first-order valence-corrected chi connectivity index (χ1v) is 11.1. The van der Waals surface area contributed by atoms with E-state index in [0.717, 1.165) is 18.7 Å². The van der Waals surface area contributed by atoms with E-state index >= 15 is 0 Å². The van der Waals surface area contributed by atoms with Gasteiger partial charge in [-0.1, -0.05) is 11.6 Å². The smallest absolute Gasteiger partial charge is 0.272 e. The van der Waals surface area contributed by atoms with Crippen molar-refractivity contribution in [2.24, 2.45) is 0 Å². The van der Waals surface area contributed by atoms with E-state index in [2.05, 4.69) is 16.4 Å². The van der Waals surface area contributed by atoms with Crippen LogP contribution in [-0.4, -0.2) is 55.3 Å². The van der Waals surface area contributed by atoms with Gasteiger partial charge in [-0.25, -0.2) is 13.4 Å². The molecule has 1 unspecified atom stereocenters. The zero-order valence-electron chi connectivity index (χ0n) is 15.3. The molecule has 2 aliphatic rings. The molecule has 2 heterocycles. The summed E-state index contributed by atoms with van der Waals surface area (Å²) in [6.07, 6.45) is 10.6. The van der Waals surface area contributed by atoms with Crippen molar-refractivity contribution in [2.75, 3.05) is 30.4 Å². The molecule has 26 heavy (non-hydrogen) atoms. The predicted molar refractivity (Wildman–Crippen MR) is 103 cm³/mol. The monoisotopic (exact) mass is 377 g/mol. The minimum Gasteiger partial charge on any atom is -0.383 e. The van der Waals surface area contributed by atoms with Crippen LogP contribution in [0.2, 0.25) is 0 Å². The van der Waals surface area contributed by atoms with Gasteiger partial charge >= 0.3 is 0 Å². The van der Waals surface area contributed by atoms with Gasteiger partial charge in [-0.2, -0.15) is 0 Å². The molecule has 0 saturated carbocycles. The number of nitrogens with zero attached hydrogens (tertiary/aromatic N) is 2. The summed E-state index contributed by atoms with van der Waals surface area (Å²) >= 11 is 0. The van der Waals surface area contributed by atoms with E-state index in [-0.39, 0.29) is 23.5 Å². The van der Waals surface area contributed by atoms with Crippen LogP contribution in [0.5, 0.6) is 0 Å². The first-order valence-electron chi connectivity index (χ1n) is 9.30. The van der Waals surface area contributed by atoms with E-state index in [1.54, 1.807) is 19.3 Å². The summed E-state index contributed by atoms with van der Waals surface area (Å²) in [5, 5.41) is 3.35. The highest BCUT2D eigenvalue weighted by atomic mass is 32.2. The van der Waals surface area contributed by atoms with Gasteiger partial charge in [-0.05, 0) is 50.7 Å². The van der Waals surface area contributed by atoms with Gasteiger partial charge in [0, 0.05) is 19.6 Å². The lowest BCUT2D eigenvalue weighted by Crippen LogP contribution is -2.38. The molecule has 6 nitrogen and oxygen atoms in total. The lowest BCUT2D eigenvalue weighted by atomic mass is 9.97. The van der Waals surface area contributed by atoms with Gasteiger partial charge in [0.25, 0.3) is 5.91 Å². The van der Waals surface area contributed by atoms with Crippen LogP contribution in [0.4, 0.5) is 5.69 Å². The summed E-state index contributed by atoms with van der Waals surface area (Å²) in [6, 6.07) is 3.30. The van der Waals surface area contributed by atoms with Gasteiger partial charge in [-0.3, -0.25) is 4.79 Å². The van der Waals surface area contributed by atoms with Crippen molar-refractivity contribution >= 4 is 21.4 Å². The third-order valence-electron chi connectivity index (χ3n) is 5.22. The van der Waals surface area contributed by atoms with Crippen molar-refractivity contribution in [3.05, 3.63) is 35.7 Å². The Labute approximate surface area is 155 Å². The topological polar surface area (TPSA) is 79.4 Å². The maximum atomic E-state index is 12.5. The summed E-state index contributed by atoms with van der Waals surface area (Å²) in [7, 11) is -1.36. The molecule has 1 aromatic heterocycles. The third-order valence-corrected chi connectivity index (χ3v) is 6.97. The maximum Gasteiger partial charge on any atom is 0.272 e. The number of pyridine rings is 1. The Morgan fingerprint density at radius 1 is 1.35 bits per heavy atom. The lowest BCUT2D eigenvalue weighted by Gasteiger charge is -2.23. The molecule has 0 spiro atoms. The van der Waals surface area contributed by atoms with Crippen molar-refractivity contribution in [3.63, 3.8) is 0 Å². The predicted octanol–water partition coefficient (Wildman–Crippen LogP) is 2.64. The summed E-state index contributed by atoms with van der Waals surface area (Å²) < 4.78 is 23.2. The highest BCUT2D eigenvalue weighted by Crippen LogP contribution is 2.21. The zero-order valence-corrected chi connectivity index (χ0v) is 16.1. The number of allylic oxidation sites excluding steroid dienone is 1. The fourth-order valence-electron chi connectivity index (χ4n) is 3.55. The number of carbonyl (C=O) groups is 1. The highest BCUT2D eigenvalue weighted by Gasteiger charge is 2.33. The minimum atomic E-state index is -3.01. The summed E-state index contributed by atoms with van der Waals surface area (Å²) in [6.45, 7) is 0.862. The first-order chi connectivity index (χ1) is 12.4. The number of sulfone groups is 1. The first kappa shape index (κ1) is 18.9. The van der Waals surface area contributed by atoms with Crippen molar-refractivity contribution in [2.45, 2.75) is 44.6 Å². The largest absolute Gasteiger partial charge is 0.383 e. The fraction of sp³-hybridized carbons (Fsp3) is 0.579. The Morgan fingerprint density at radius 2 is 2.19 bits per heavy atom. The molecule has 1 aromatic rings. The van der Waals surface area contributed by atoms with Gasteiger partial charge in [0.15, 0.2) is 9.84 Å². The van der Waals surface area contributed by atoms with E-state index in [9.17, 15) is 13.2 Å². The fourth-order valence-corrected chi connectivity index (χ4v) is 5.33. The molecular formula is C19H27N3O3S. The average Bonchev–Trinajstić information content (AvgIpc) is 3.02. The van der Waals surface area contributed by atoms with Crippen molar-refractivity contribution in [1.29, 1.82) is 0 Å². The van der Waals surface area contributed by atoms with Crippen LogP contribution in [0, 0.1) is 0 Å². The molecule has 0 bridgehead atoms. The highest BCUT2D eigenvalue weighted by molar-refractivity contribution is 7.91. The van der Waals surface area contributed by atoms with Crippen molar-refractivity contribution in [3.8, 4) is 0 Å². The molecular weight excluding hydrogens is 350 g/mol. The lowest BCUT2D eigenvalue weighted by molar-refractivity contribution is 0.0742. The van der Waals surface area contributed by atoms with Crippen LogP contribution in [0.15, 0.2) is 30.0 Å². The number of hydrogen-bond donors (Lipinski definition) is 1. The Balaban J connectivity index is 1.51. The van der Waals surface area contributed by atoms with Gasteiger partial charge in [-0.15, -0.1) is 0 Å². The molecule has 1 atom stereocenters. The number of aromatic nitrogens is 1. The van der Waals surface area contributed by atoms with E-state index in [1.165, 1.54) is 36.2 Å². The number of carbonyl (C=O) groups excluding carboxylic acids is 1. The molecule has 0 radical (unpaired) electrons. The van der Waals surface area contributed by atoms with E-state index in [0.29, 0.717) is 12.1 Å². The Morgan fingerprint density at radius 3 is 2.81 bits per heavy atom. The zero-order chi connectivity index (χ0) is 18.6. The second kappa shape index (κ2) is 8.20. The molecule has 1 fully saturated rings. The summed E-state index contributed by atoms with van der Waals surface area (Å²) in [5.74, 6) is -0.0294. The molecule has 0 aromatic carbocycles. The van der Waals surface area contributed by atoms with Crippen LogP contribution in [0.3, 0.4) is 0 Å². The number of amides is 1. The van der Waals surface area contributed by atoms with Gasteiger partial charge in [0.1, 0.15) is 5.69 Å². The van der Waals surface area contributed by atoms with Crippen LogP contribution in [-0.2, 0) is 9.84 Å². The van der Waals surface area contributed by atoms with E-state index in [1.807, 2.05) is 6.07 Å². The quantitative estimate of drug-likeness (QED) is 0.771. The van der Waals surface area contributed by atoms with Gasteiger partial charge in [0.2, 0.25) is 0 Å². The molecule has 1 saturated heterocycles. The molecule has 142 valence electrons. The molecule has 1 aliphatic carbocycles.